The Balaban J connectivity index is 1.95. The number of rotatable bonds is 7. The molecule has 0 fully saturated rings. The van der Waals surface area contributed by atoms with E-state index in [1.165, 1.54) is 51.7 Å². The van der Waals surface area contributed by atoms with Crippen molar-refractivity contribution in [2.24, 2.45) is 0 Å². The second-order valence-corrected chi connectivity index (χ2v) is 5.81. The molecule has 0 aliphatic carbocycles. The van der Waals surface area contributed by atoms with Gasteiger partial charge >= 0.3 is 0 Å². The summed E-state index contributed by atoms with van der Waals surface area (Å²) in [5.41, 5.74) is 5.18. The average molecular weight is 412 g/mol. The van der Waals surface area contributed by atoms with Crippen molar-refractivity contribution in [2.45, 2.75) is 0 Å². The molecule has 0 spiro atoms. The van der Waals surface area contributed by atoms with Crippen molar-refractivity contribution >= 4 is 29.1 Å². The normalized spacial score (nSPS) is 10.0. The van der Waals surface area contributed by atoms with Crippen molar-refractivity contribution in [3.63, 3.8) is 0 Å². The molecule has 0 saturated heterocycles. The fourth-order valence-corrected chi connectivity index (χ4v) is 2.42. The summed E-state index contributed by atoms with van der Waals surface area (Å²) < 4.78 is 28.7. The molecule has 0 atom stereocenters. The van der Waals surface area contributed by atoms with Gasteiger partial charge in [0.1, 0.15) is 5.82 Å². The third kappa shape index (κ3) is 5.17. The number of hydrazine groups is 1. The van der Waals surface area contributed by atoms with Gasteiger partial charge in [0.2, 0.25) is 5.75 Å². The van der Waals surface area contributed by atoms with Crippen LogP contribution in [0.5, 0.6) is 17.2 Å². The standard InChI is InChI=1S/C18H19ClFN3O5/c1-26-14-6-10(7-15(27-2)17(14)28-3)18(25)23-22-16(24)9-21-11-4-5-13(20)12(19)8-11/h4-8,21H,9H2,1-3H3,(H,22,24)(H,23,25). The molecule has 2 aromatic carbocycles. The van der Waals surface area contributed by atoms with Gasteiger partial charge in [-0.1, -0.05) is 11.6 Å². The molecular weight excluding hydrogens is 393 g/mol. The largest absolute Gasteiger partial charge is 0.493 e. The molecule has 0 bridgehead atoms. The Morgan fingerprint density at radius 2 is 1.64 bits per heavy atom. The van der Waals surface area contributed by atoms with Crippen LogP contribution in [0, 0.1) is 5.82 Å². The Hall–Kier alpha value is -3.20. The highest BCUT2D eigenvalue weighted by atomic mass is 35.5. The number of amides is 2. The Morgan fingerprint density at radius 1 is 1.00 bits per heavy atom. The van der Waals surface area contributed by atoms with Gasteiger partial charge in [0.15, 0.2) is 11.5 Å². The second-order valence-electron chi connectivity index (χ2n) is 5.40. The Bertz CT molecular complexity index is 853. The number of ether oxygens (including phenoxy) is 3. The third-order valence-electron chi connectivity index (χ3n) is 3.62. The summed E-state index contributed by atoms with van der Waals surface area (Å²) in [6, 6.07) is 6.85. The van der Waals surface area contributed by atoms with Crippen LogP contribution in [-0.4, -0.2) is 39.7 Å². The Kier molecular flexibility index (Phi) is 7.28. The average Bonchev–Trinajstić information content (AvgIpc) is 2.71. The van der Waals surface area contributed by atoms with E-state index in [0.717, 1.165) is 0 Å². The molecule has 10 heteroatoms. The van der Waals surface area contributed by atoms with E-state index in [0.29, 0.717) is 22.9 Å². The molecule has 0 aliphatic heterocycles. The van der Waals surface area contributed by atoms with Crippen LogP contribution in [0.1, 0.15) is 10.4 Å². The number of benzene rings is 2. The number of hydrogen-bond acceptors (Lipinski definition) is 6. The van der Waals surface area contributed by atoms with Gasteiger partial charge in [-0.15, -0.1) is 0 Å². The van der Waals surface area contributed by atoms with Crippen molar-refractivity contribution in [1.29, 1.82) is 0 Å². The predicted molar refractivity (Wildman–Crippen MR) is 102 cm³/mol. The van der Waals surface area contributed by atoms with E-state index < -0.39 is 17.6 Å². The van der Waals surface area contributed by atoms with Gasteiger partial charge in [-0.2, -0.15) is 0 Å². The molecule has 0 radical (unpaired) electrons. The minimum Gasteiger partial charge on any atom is -0.493 e. The smallest absolute Gasteiger partial charge is 0.269 e. The number of carbonyl (C=O) groups excluding carboxylic acids is 2. The van der Waals surface area contributed by atoms with E-state index >= 15 is 0 Å². The monoisotopic (exact) mass is 411 g/mol. The zero-order valence-corrected chi connectivity index (χ0v) is 16.1. The maximum Gasteiger partial charge on any atom is 0.269 e. The van der Waals surface area contributed by atoms with Crippen molar-refractivity contribution in [1.82, 2.24) is 10.9 Å². The first-order chi connectivity index (χ1) is 13.4. The number of methoxy groups -OCH3 is 3. The number of carbonyl (C=O) groups is 2. The lowest BCUT2D eigenvalue weighted by Crippen LogP contribution is -2.44. The maximum absolute atomic E-state index is 13.1. The molecule has 2 aromatic rings. The lowest BCUT2D eigenvalue weighted by molar-refractivity contribution is -0.120. The lowest BCUT2D eigenvalue weighted by Gasteiger charge is -2.14. The van der Waals surface area contributed by atoms with Crippen molar-refractivity contribution in [3.05, 3.63) is 46.7 Å². The summed E-state index contributed by atoms with van der Waals surface area (Å²) in [7, 11) is 4.30. The maximum atomic E-state index is 13.1. The first-order valence-corrected chi connectivity index (χ1v) is 8.35. The van der Waals surface area contributed by atoms with Crippen molar-refractivity contribution < 1.29 is 28.2 Å². The molecule has 8 nitrogen and oxygen atoms in total. The van der Waals surface area contributed by atoms with E-state index in [4.69, 9.17) is 25.8 Å². The highest BCUT2D eigenvalue weighted by Crippen LogP contribution is 2.38. The summed E-state index contributed by atoms with van der Waals surface area (Å²) in [6.07, 6.45) is 0. The summed E-state index contributed by atoms with van der Waals surface area (Å²) in [6.45, 7) is -0.169. The highest BCUT2D eigenvalue weighted by Gasteiger charge is 2.17. The first-order valence-electron chi connectivity index (χ1n) is 7.97. The van der Waals surface area contributed by atoms with E-state index in [9.17, 15) is 14.0 Å². The molecule has 3 N–H and O–H groups in total. The van der Waals surface area contributed by atoms with E-state index in [1.54, 1.807) is 0 Å². The van der Waals surface area contributed by atoms with Gasteiger partial charge < -0.3 is 19.5 Å². The molecule has 0 heterocycles. The van der Waals surface area contributed by atoms with Crippen molar-refractivity contribution in [3.8, 4) is 17.2 Å². The Morgan fingerprint density at radius 3 is 2.18 bits per heavy atom. The molecular formula is C18H19ClFN3O5. The van der Waals surface area contributed by atoms with Gasteiger partial charge in [0.05, 0.1) is 32.9 Å². The van der Waals surface area contributed by atoms with Gasteiger partial charge in [0, 0.05) is 11.3 Å². The van der Waals surface area contributed by atoms with Crippen LogP contribution in [0.15, 0.2) is 30.3 Å². The minimum absolute atomic E-state index is 0.0684. The zero-order valence-electron chi connectivity index (χ0n) is 15.4. The van der Waals surface area contributed by atoms with Gasteiger partial charge in [-0.05, 0) is 30.3 Å². The number of nitrogens with one attached hydrogen (secondary N) is 3. The number of halogens is 2. The van der Waals surface area contributed by atoms with Gasteiger partial charge in [0.25, 0.3) is 11.8 Å². The van der Waals surface area contributed by atoms with E-state index in [1.807, 2.05) is 0 Å². The highest BCUT2D eigenvalue weighted by molar-refractivity contribution is 6.31. The molecule has 28 heavy (non-hydrogen) atoms. The fraction of sp³-hybridized carbons (Fsp3) is 0.222. The van der Waals surface area contributed by atoms with Gasteiger partial charge in [-0.3, -0.25) is 20.4 Å². The first kappa shape index (κ1) is 21.1. The Labute approximate surface area is 165 Å². The third-order valence-corrected chi connectivity index (χ3v) is 3.90. The summed E-state index contributed by atoms with van der Waals surface area (Å²) >= 11 is 5.67. The molecule has 0 unspecified atom stereocenters. The molecule has 0 saturated carbocycles. The molecule has 0 aliphatic rings. The summed E-state index contributed by atoms with van der Waals surface area (Å²) in [5, 5.41) is 2.69. The number of anilines is 1. The second kappa shape index (κ2) is 9.65. The van der Waals surface area contributed by atoms with Crippen LogP contribution in [0.4, 0.5) is 10.1 Å². The van der Waals surface area contributed by atoms with Crippen LogP contribution in [0.2, 0.25) is 5.02 Å². The SMILES string of the molecule is COc1cc(C(=O)NNC(=O)CNc2ccc(F)c(Cl)c2)cc(OC)c1OC. The molecule has 2 amide bonds. The van der Waals surface area contributed by atoms with Crippen molar-refractivity contribution in [2.75, 3.05) is 33.2 Å². The summed E-state index contributed by atoms with van der Waals surface area (Å²) in [5.74, 6) is -0.734. The predicted octanol–water partition coefficient (Wildman–Crippen LogP) is 2.38. The number of hydrogen-bond donors (Lipinski definition) is 3. The lowest BCUT2D eigenvalue weighted by atomic mass is 10.1. The minimum atomic E-state index is -0.586. The van der Waals surface area contributed by atoms with Gasteiger partial charge in [-0.25, -0.2) is 4.39 Å². The van der Waals surface area contributed by atoms with Crippen LogP contribution in [0.3, 0.4) is 0 Å². The quantitative estimate of drug-likeness (QED) is 0.605. The molecule has 0 aromatic heterocycles. The summed E-state index contributed by atoms with van der Waals surface area (Å²) in [4.78, 5) is 24.2. The fourth-order valence-electron chi connectivity index (χ4n) is 2.24. The van der Waals surface area contributed by atoms with Crippen LogP contribution in [0.25, 0.3) is 0 Å². The van der Waals surface area contributed by atoms with Crippen LogP contribution >= 0.6 is 11.6 Å². The van der Waals surface area contributed by atoms with Crippen LogP contribution in [-0.2, 0) is 4.79 Å². The topological polar surface area (TPSA) is 97.9 Å². The zero-order chi connectivity index (χ0) is 20.7. The van der Waals surface area contributed by atoms with Crippen LogP contribution < -0.4 is 30.4 Å². The molecule has 2 rings (SSSR count). The van der Waals surface area contributed by atoms with E-state index in [2.05, 4.69) is 16.2 Å². The molecule has 150 valence electrons. The van der Waals surface area contributed by atoms with E-state index in [-0.39, 0.29) is 17.1 Å².